The Hall–Kier alpha value is 1.19. The molecule has 0 fully saturated rings. The van der Waals surface area contributed by atoms with E-state index in [4.69, 9.17) is 4.89 Å². The van der Waals surface area contributed by atoms with Gasteiger partial charge in [0.05, 0.1) is 0 Å². The zero-order chi connectivity index (χ0) is 7.28. The summed E-state index contributed by atoms with van der Waals surface area (Å²) >= 11 is 0. The van der Waals surface area contributed by atoms with E-state index in [0.29, 0.717) is 0 Å². The Bertz CT molecular complexity index is 97.7. The fraction of sp³-hybridized carbons (Fsp3) is 1.00. The van der Waals surface area contributed by atoms with Crippen molar-refractivity contribution in [2.75, 3.05) is 0 Å². The van der Waals surface area contributed by atoms with Gasteiger partial charge in [0.25, 0.3) is 0 Å². The first kappa shape index (κ1) is 13.8. The van der Waals surface area contributed by atoms with Crippen LogP contribution in [0.15, 0.2) is 0 Å². The third kappa shape index (κ3) is 7.30. The molecule has 0 amide bonds. The third-order valence-corrected chi connectivity index (χ3v) is 2.54. The van der Waals surface area contributed by atoms with Gasteiger partial charge in [0.2, 0.25) is 0 Å². The summed E-state index contributed by atoms with van der Waals surface area (Å²) in [6.45, 7) is 3.91. The molecule has 0 heterocycles. The molecule has 0 aromatic carbocycles. The molecule has 0 aliphatic heterocycles. The summed E-state index contributed by atoms with van der Waals surface area (Å²) in [5.74, 6) is 0. The van der Waals surface area contributed by atoms with Crippen LogP contribution in [0.5, 0.6) is 0 Å². The summed E-state index contributed by atoms with van der Waals surface area (Å²) in [6, 6.07) is 0. The van der Waals surface area contributed by atoms with E-state index in [9.17, 15) is 4.57 Å². The maximum absolute atomic E-state index is 10.4. The first-order valence-corrected chi connectivity index (χ1v) is 4.84. The molecule has 2 unspecified atom stereocenters. The fourth-order valence-corrected chi connectivity index (χ4v) is 1.08. The molecule has 10 heavy (non-hydrogen) atoms. The molecule has 2 nitrogen and oxygen atoms in total. The zero-order valence-corrected chi connectivity index (χ0v) is 7.05. The Kier molecular flexibility index (Phi) is 11.4. The monoisotopic (exact) mass is 174 g/mol. The Morgan fingerprint density at radius 3 is 2.40 bits per heavy atom. The van der Waals surface area contributed by atoms with Gasteiger partial charge >= 0.3 is 29.6 Å². The van der Waals surface area contributed by atoms with Gasteiger partial charge in [-0.2, -0.15) is 0 Å². The average Bonchev–Trinajstić information content (AvgIpc) is 1.82. The summed E-state index contributed by atoms with van der Waals surface area (Å²) in [6.07, 6.45) is 3.07. The van der Waals surface area contributed by atoms with E-state index >= 15 is 0 Å². The van der Waals surface area contributed by atoms with E-state index in [1.54, 1.807) is 0 Å². The van der Waals surface area contributed by atoms with Crippen LogP contribution in [-0.2, 0) is 4.57 Å². The minimum atomic E-state index is -2.23. The molecule has 0 saturated heterocycles. The Morgan fingerprint density at radius 2 is 2.10 bits per heavy atom. The minimum absolute atomic E-state index is 0. The normalized spacial score (nSPS) is 15.5. The summed E-state index contributed by atoms with van der Waals surface area (Å²) in [4.78, 5) is 8.59. The molecule has 2 atom stereocenters. The summed E-state index contributed by atoms with van der Waals surface area (Å²) in [5.41, 5.74) is 0.0231. The number of rotatable bonds is 4. The topological polar surface area (TPSA) is 37.3 Å². The molecule has 0 aromatic rings. The molecule has 0 bridgehead atoms. The van der Waals surface area contributed by atoms with E-state index in [2.05, 4.69) is 6.92 Å². The Morgan fingerprint density at radius 1 is 1.60 bits per heavy atom. The maximum atomic E-state index is 10.4. The summed E-state index contributed by atoms with van der Waals surface area (Å²) < 4.78 is 10.4. The molecule has 0 rings (SSSR count). The zero-order valence-electron chi connectivity index (χ0n) is 6.05. The third-order valence-electron chi connectivity index (χ3n) is 1.41. The summed E-state index contributed by atoms with van der Waals surface area (Å²) in [7, 11) is -2.23. The van der Waals surface area contributed by atoms with Crippen LogP contribution in [0.4, 0.5) is 0 Å². The Labute approximate surface area is 85.6 Å². The molecule has 0 aliphatic carbocycles. The number of hydrogen-bond acceptors (Lipinski definition) is 1. The van der Waals surface area contributed by atoms with Crippen molar-refractivity contribution < 1.29 is 9.46 Å². The molecular weight excluding hydrogens is 158 g/mol. The van der Waals surface area contributed by atoms with Crippen molar-refractivity contribution in [1.82, 2.24) is 0 Å². The van der Waals surface area contributed by atoms with Gasteiger partial charge < -0.3 is 4.89 Å². The van der Waals surface area contributed by atoms with Crippen molar-refractivity contribution in [1.29, 1.82) is 0 Å². The van der Waals surface area contributed by atoms with Crippen molar-refractivity contribution in [2.24, 2.45) is 0 Å². The molecule has 0 aliphatic rings. The molecule has 0 aromatic heterocycles. The van der Waals surface area contributed by atoms with Gasteiger partial charge in [-0.3, -0.25) is 4.57 Å². The van der Waals surface area contributed by atoms with Crippen LogP contribution in [-0.4, -0.2) is 40.1 Å². The molecule has 0 spiro atoms. The molecule has 58 valence electrons. The molecular formula is C6H16NaO2P. The van der Waals surface area contributed by atoms with Gasteiger partial charge in [0.15, 0.2) is 8.03 Å². The van der Waals surface area contributed by atoms with Gasteiger partial charge in [-0.25, -0.2) is 0 Å². The van der Waals surface area contributed by atoms with Crippen molar-refractivity contribution >= 4 is 37.6 Å². The van der Waals surface area contributed by atoms with E-state index < -0.39 is 8.03 Å². The predicted octanol–water partition coefficient (Wildman–Crippen LogP) is 1.38. The van der Waals surface area contributed by atoms with Crippen LogP contribution in [0.3, 0.4) is 0 Å². The van der Waals surface area contributed by atoms with E-state index in [1.807, 2.05) is 6.92 Å². The van der Waals surface area contributed by atoms with E-state index in [1.165, 1.54) is 0 Å². The SMILES string of the molecule is CCCCC(C)[PH](=O)O.[NaH]. The summed E-state index contributed by atoms with van der Waals surface area (Å²) in [5, 5.41) is 0. The van der Waals surface area contributed by atoms with E-state index in [-0.39, 0.29) is 35.2 Å². The van der Waals surface area contributed by atoms with Crippen LogP contribution in [0.1, 0.15) is 33.1 Å². The quantitative estimate of drug-likeness (QED) is 0.516. The second kappa shape index (κ2) is 8.29. The second-order valence-electron chi connectivity index (χ2n) is 2.38. The van der Waals surface area contributed by atoms with Crippen LogP contribution >= 0.6 is 8.03 Å². The molecule has 4 heteroatoms. The molecule has 1 N–H and O–H groups in total. The van der Waals surface area contributed by atoms with Crippen molar-refractivity contribution in [2.45, 2.75) is 38.8 Å². The van der Waals surface area contributed by atoms with Gasteiger partial charge in [0.1, 0.15) is 0 Å². The van der Waals surface area contributed by atoms with Crippen LogP contribution < -0.4 is 0 Å². The number of hydrogen-bond donors (Lipinski definition) is 1. The van der Waals surface area contributed by atoms with Gasteiger partial charge in [-0.1, -0.05) is 26.7 Å². The van der Waals surface area contributed by atoms with Crippen LogP contribution in [0.25, 0.3) is 0 Å². The predicted molar refractivity (Wildman–Crippen MR) is 47.4 cm³/mol. The van der Waals surface area contributed by atoms with Gasteiger partial charge in [0, 0.05) is 5.66 Å². The second-order valence-corrected chi connectivity index (χ2v) is 4.04. The van der Waals surface area contributed by atoms with Crippen molar-refractivity contribution in [3.63, 3.8) is 0 Å². The van der Waals surface area contributed by atoms with Gasteiger partial charge in [-0.15, -0.1) is 0 Å². The van der Waals surface area contributed by atoms with Gasteiger partial charge in [-0.05, 0) is 6.42 Å². The van der Waals surface area contributed by atoms with Crippen LogP contribution in [0.2, 0.25) is 0 Å². The fourth-order valence-electron chi connectivity index (χ4n) is 0.634. The Balaban J connectivity index is 0. The number of unbranched alkanes of at least 4 members (excludes halogenated alkanes) is 1. The molecule has 0 saturated carbocycles. The van der Waals surface area contributed by atoms with E-state index in [0.717, 1.165) is 19.3 Å². The van der Waals surface area contributed by atoms with Crippen LogP contribution in [0, 0.1) is 0 Å². The first-order valence-electron chi connectivity index (χ1n) is 3.41. The average molecular weight is 174 g/mol. The first-order chi connectivity index (χ1) is 4.18. The standard InChI is InChI=1S/C6H15O2P.Na.H/c1-3-4-5-6(2)9(7)8;;/h6,9H,3-5H2,1-2H3,(H,7,8);;. The van der Waals surface area contributed by atoms with Crippen molar-refractivity contribution in [3.8, 4) is 0 Å². The molecule has 0 radical (unpaired) electrons. The van der Waals surface area contributed by atoms with Crippen molar-refractivity contribution in [3.05, 3.63) is 0 Å².